The molecule has 0 aromatic carbocycles. The number of hydrogen-bond donors (Lipinski definition) is 2. The molecule has 2 N–H and O–H groups in total. The Bertz CT molecular complexity index is 532. The fourth-order valence-corrected chi connectivity index (χ4v) is 2.45. The number of amides is 1. The van der Waals surface area contributed by atoms with Gasteiger partial charge in [-0.25, -0.2) is 13.2 Å². The number of nitrogens with one attached hydrogen (secondary N) is 2. The lowest BCUT2D eigenvalue weighted by atomic mass is 10.2. The number of aliphatic imine (C=N–C) groups is 1. The molecular weight excluding hydrogens is 459 g/mol. The van der Waals surface area contributed by atoms with Gasteiger partial charge in [0.05, 0.1) is 5.75 Å². The van der Waals surface area contributed by atoms with Crippen LogP contribution in [0, 0.1) is 0 Å². The summed E-state index contributed by atoms with van der Waals surface area (Å²) in [6.07, 6.45) is 1.34. The second-order valence-electron chi connectivity index (χ2n) is 6.86. The van der Waals surface area contributed by atoms with Gasteiger partial charge in [-0.1, -0.05) is 0 Å². The van der Waals surface area contributed by atoms with Gasteiger partial charge >= 0.3 is 6.09 Å². The van der Waals surface area contributed by atoms with Gasteiger partial charge in [-0.3, -0.25) is 4.99 Å². The molecule has 0 aromatic heterocycles. The SMILES string of the molecule is CN=C(NCCN(C)C(=O)OC(C)(C)C)NC(C)CCS(C)(=O)=O.I. The van der Waals surface area contributed by atoms with E-state index in [0.717, 1.165) is 0 Å². The molecule has 150 valence electrons. The Kier molecular flexibility index (Phi) is 12.4. The number of sulfone groups is 1. The van der Waals surface area contributed by atoms with Gasteiger partial charge < -0.3 is 20.3 Å². The van der Waals surface area contributed by atoms with Crippen LogP contribution in [0.5, 0.6) is 0 Å². The van der Waals surface area contributed by atoms with Gasteiger partial charge in [0.25, 0.3) is 0 Å². The summed E-state index contributed by atoms with van der Waals surface area (Å²) in [5, 5.41) is 6.21. The predicted octanol–water partition coefficient (Wildman–Crippen LogP) is 1.46. The number of hydrogen-bond acceptors (Lipinski definition) is 5. The minimum atomic E-state index is -2.97. The summed E-state index contributed by atoms with van der Waals surface area (Å²) in [4.78, 5) is 17.4. The van der Waals surface area contributed by atoms with Crippen LogP contribution in [-0.2, 0) is 14.6 Å². The van der Waals surface area contributed by atoms with Crippen molar-refractivity contribution in [2.24, 2.45) is 4.99 Å². The molecule has 0 heterocycles. The number of halogens is 1. The molecule has 0 radical (unpaired) electrons. The molecule has 1 atom stereocenters. The minimum absolute atomic E-state index is 0. The highest BCUT2D eigenvalue weighted by molar-refractivity contribution is 14.0. The van der Waals surface area contributed by atoms with Gasteiger partial charge in [0.15, 0.2) is 5.96 Å². The van der Waals surface area contributed by atoms with Gasteiger partial charge in [-0.15, -0.1) is 24.0 Å². The smallest absolute Gasteiger partial charge is 0.410 e. The van der Waals surface area contributed by atoms with Crippen LogP contribution < -0.4 is 10.6 Å². The highest BCUT2D eigenvalue weighted by Crippen LogP contribution is 2.08. The third kappa shape index (κ3) is 15.2. The summed E-state index contributed by atoms with van der Waals surface area (Å²) in [5.74, 6) is 0.688. The van der Waals surface area contributed by atoms with E-state index in [0.29, 0.717) is 25.5 Å². The first-order valence-corrected chi connectivity index (χ1v) is 9.99. The lowest BCUT2D eigenvalue weighted by molar-refractivity contribution is 0.0302. The Morgan fingerprint density at radius 2 is 1.88 bits per heavy atom. The Labute approximate surface area is 169 Å². The normalized spacial score (nSPS) is 13.5. The van der Waals surface area contributed by atoms with E-state index in [4.69, 9.17) is 4.74 Å². The van der Waals surface area contributed by atoms with E-state index in [1.54, 1.807) is 14.1 Å². The molecule has 0 spiro atoms. The minimum Gasteiger partial charge on any atom is -0.444 e. The van der Waals surface area contributed by atoms with E-state index in [2.05, 4.69) is 15.6 Å². The zero-order valence-electron chi connectivity index (χ0n) is 16.2. The third-order valence-corrected chi connectivity index (χ3v) is 3.95. The fraction of sp³-hybridized carbons (Fsp3) is 0.867. The Morgan fingerprint density at radius 3 is 2.32 bits per heavy atom. The summed E-state index contributed by atoms with van der Waals surface area (Å²) in [6.45, 7) is 8.30. The second kappa shape index (κ2) is 11.8. The first kappa shape index (κ1) is 26.4. The number of nitrogens with zero attached hydrogens (tertiary/aromatic N) is 2. The molecule has 1 amide bonds. The number of carbonyl (C=O) groups excluding carboxylic acids is 1. The highest BCUT2D eigenvalue weighted by atomic mass is 127. The second-order valence-corrected chi connectivity index (χ2v) is 9.12. The monoisotopic (exact) mass is 492 g/mol. The average molecular weight is 492 g/mol. The van der Waals surface area contributed by atoms with E-state index in [1.807, 2.05) is 27.7 Å². The molecule has 0 rings (SSSR count). The lowest BCUT2D eigenvalue weighted by Crippen LogP contribution is -2.46. The average Bonchev–Trinajstić information content (AvgIpc) is 2.41. The zero-order chi connectivity index (χ0) is 19.0. The maximum atomic E-state index is 11.8. The molecule has 0 saturated heterocycles. The molecule has 0 fully saturated rings. The van der Waals surface area contributed by atoms with Gasteiger partial charge in [-0.05, 0) is 34.1 Å². The molecule has 0 saturated carbocycles. The van der Waals surface area contributed by atoms with E-state index >= 15 is 0 Å². The molecule has 8 nitrogen and oxygen atoms in total. The van der Waals surface area contributed by atoms with Crippen molar-refractivity contribution in [1.29, 1.82) is 0 Å². The number of carbonyl (C=O) groups is 1. The Hall–Kier alpha value is -0.780. The van der Waals surface area contributed by atoms with Crippen molar-refractivity contribution in [2.75, 3.05) is 39.2 Å². The zero-order valence-corrected chi connectivity index (χ0v) is 19.4. The van der Waals surface area contributed by atoms with Gasteiger partial charge in [0.1, 0.15) is 15.4 Å². The van der Waals surface area contributed by atoms with Crippen molar-refractivity contribution in [3.8, 4) is 0 Å². The predicted molar refractivity (Wildman–Crippen MR) is 113 cm³/mol. The summed E-state index contributed by atoms with van der Waals surface area (Å²) in [5.41, 5.74) is -0.522. The van der Waals surface area contributed by atoms with Crippen molar-refractivity contribution >= 4 is 45.9 Å². The number of ether oxygens (including phenoxy) is 1. The van der Waals surface area contributed by atoms with Crippen LogP contribution in [0.1, 0.15) is 34.1 Å². The molecule has 10 heteroatoms. The largest absolute Gasteiger partial charge is 0.444 e. The number of likely N-dealkylation sites (N-methyl/N-ethyl adjacent to an activating group) is 1. The van der Waals surface area contributed by atoms with Crippen LogP contribution >= 0.6 is 24.0 Å². The molecule has 25 heavy (non-hydrogen) atoms. The molecule has 0 aliphatic rings. The highest BCUT2D eigenvalue weighted by Gasteiger charge is 2.19. The first-order valence-electron chi connectivity index (χ1n) is 7.93. The van der Waals surface area contributed by atoms with Crippen molar-refractivity contribution in [3.05, 3.63) is 0 Å². The van der Waals surface area contributed by atoms with Crippen molar-refractivity contribution in [1.82, 2.24) is 15.5 Å². The third-order valence-electron chi connectivity index (χ3n) is 2.97. The van der Waals surface area contributed by atoms with E-state index in [1.165, 1.54) is 11.2 Å². The van der Waals surface area contributed by atoms with Crippen LogP contribution in [0.25, 0.3) is 0 Å². The molecule has 0 bridgehead atoms. The van der Waals surface area contributed by atoms with Gasteiger partial charge in [-0.2, -0.15) is 0 Å². The maximum Gasteiger partial charge on any atom is 0.410 e. The van der Waals surface area contributed by atoms with Crippen LogP contribution in [0.15, 0.2) is 4.99 Å². The molecule has 1 unspecified atom stereocenters. The lowest BCUT2D eigenvalue weighted by Gasteiger charge is -2.25. The number of rotatable bonds is 7. The van der Waals surface area contributed by atoms with Crippen LogP contribution in [0.4, 0.5) is 4.79 Å². The van der Waals surface area contributed by atoms with Crippen LogP contribution in [0.2, 0.25) is 0 Å². The summed E-state index contributed by atoms with van der Waals surface area (Å²) in [7, 11) is 0.330. The fourth-order valence-electron chi connectivity index (χ4n) is 1.66. The standard InChI is InChI=1S/C15H32N4O4S.HI/c1-12(8-11-24(7,21)22)18-13(16-5)17-9-10-19(6)14(20)23-15(2,3)4;/h12H,8-11H2,1-7H3,(H2,16,17,18);1H. The summed E-state index contributed by atoms with van der Waals surface area (Å²) >= 11 is 0. The molecule has 0 aliphatic heterocycles. The Balaban J connectivity index is 0. The summed E-state index contributed by atoms with van der Waals surface area (Å²) in [6, 6.07) is -0.0329. The van der Waals surface area contributed by atoms with E-state index in [9.17, 15) is 13.2 Å². The van der Waals surface area contributed by atoms with E-state index in [-0.39, 0.29) is 41.9 Å². The van der Waals surface area contributed by atoms with Crippen LogP contribution in [-0.4, -0.2) is 76.2 Å². The topological polar surface area (TPSA) is 100 Å². The molecule has 0 aromatic rings. The van der Waals surface area contributed by atoms with Gasteiger partial charge in [0.2, 0.25) is 0 Å². The Morgan fingerprint density at radius 1 is 1.32 bits per heavy atom. The van der Waals surface area contributed by atoms with Gasteiger partial charge in [0, 0.05) is 39.5 Å². The molecule has 0 aliphatic carbocycles. The van der Waals surface area contributed by atoms with Crippen LogP contribution in [0.3, 0.4) is 0 Å². The first-order chi connectivity index (χ1) is 10.8. The number of guanidine groups is 1. The van der Waals surface area contributed by atoms with Crippen molar-refractivity contribution in [3.63, 3.8) is 0 Å². The molecular formula is C15H33IN4O4S. The maximum absolute atomic E-state index is 11.8. The van der Waals surface area contributed by atoms with Crippen molar-refractivity contribution < 1.29 is 17.9 Å². The summed E-state index contributed by atoms with van der Waals surface area (Å²) < 4.78 is 27.6. The van der Waals surface area contributed by atoms with Crippen molar-refractivity contribution in [2.45, 2.75) is 45.8 Å². The quantitative estimate of drug-likeness (QED) is 0.317. The van der Waals surface area contributed by atoms with E-state index < -0.39 is 15.4 Å².